The summed E-state index contributed by atoms with van der Waals surface area (Å²) in [6.45, 7) is 6.28. The van der Waals surface area contributed by atoms with Crippen LogP contribution in [0.1, 0.15) is 39.3 Å². The molecule has 0 unspecified atom stereocenters. The van der Waals surface area contributed by atoms with Crippen LogP contribution in [0.15, 0.2) is 65.3 Å². The Balaban J connectivity index is 1.29. The van der Waals surface area contributed by atoms with Crippen LogP contribution in [0.25, 0.3) is 0 Å². The highest BCUT2D eigenvalue weighted by Gasteiger charge is 2.26. The summed E-state index contributed by atoms with van der Waals surface area (Å²) in [5, 5.41) is 5.62. The fraction of sp³-hybridized carbons (Fsp3) is 0.379. The number of carbonyl (C=O) groups is 2. The van der Waals surface area contributed by atoms with Crippen molar-refractivity contribution in [2.45, 2.75) is 19.8 Å². The predicted molar refractivity (Wildman–Crippen MR) is 156 cm³/mol. The molecule has 0 bridgehead atoms. The van der Waals surface area contributed by atoms with E-state index in [4.69, 9.17) is 4.42 Å². The molecule has 2 aromatic carbocycles. The number of anilines is 3. The van der Waals surface area contributed by atoms with Gasteiger partial charge in [0.25, 0.3) is 11.8 Å². The van der Waals surface area contributed by atoms with E-state index < -0.39 is 21.8 Å². The van der Waals surface area contributed by atoms with Crippen molar-refractivity contribution < 1.29 is 22.4 Å². The Morgan fingerprint density at radius 3 is 2.23 bits per heavy atom. The van der Waals surface area contributed by atoms with Crippen molar-refractivity contribution in [3.05, 3.63) is 77.7 Å². The highest BCUT2D eigenvalue weighted by molar-refractivity contribution is 7.89. The van der Waals surface area contributed by atoms with Crippen molar-refractivity contribution in [1.29, 1.82) is 0 Å². The summed E-state index contributed by atoms with van der Waals surface area (Å²) in [4.78, 5) is 30.4. The van der Waals surface area contributed by atoms with E-state index in [0.717, 1.165) is 44.7 Å². The molecule has 11 heteroatoms. The van der Waals surface area contributed by atoms with Crippen LogP contribution in [-0.2, 0) is 10.0 Å². The Bertz CT molecular complexity index is 1440. The summed E-state index contributed by atoms with van der Waals surface area (Å²) in [7, 11) is -3.40. The number of furan rings is 1. The number of para-hydroxylation sites is 1. The molecule has 0 atom stereocenters. The number of rotatable bonds is 9. The number of benzene rings is 2. The molecule has 1 aromatic heterocycles. The second kappa shape index (κ2) is 12.1. The monoisotopic (exact) mass is 565 g/mol. The van der Waals surface area contributed by atoms with Gasteiger partial charge < -0.3 is 24.9 Å². The Kier molecular flexibility index (Phi) is 8.41. The first-order valence-electron chi connectivity index (χ1n) is 13.6. The lowest BCUT2D eigenvalue weighted by atomic mass is 10.1. The van der Waals surface area contributed by atoms with E-state index in [9.17, 15) is 18.0 Å². The molecule has 2 aliphatic heterocycles. The molecular weight excluding hydrogens is 530 g/mol. The topological polar surface area (TPSA) is 115 Å². The van der Waals surface area contributed by atoms with Crippen LogP contribution in [0.3, 0.4) is 0 Å². The normalized spacial score (nSPS) is 16.2. The Morgan fingerprint density at radius 2 is 1.55 bits per heavy atom. The molecule has 0 aliphatic carbocycles. The van der Waals surface area contributed by atoms with Crippen LogP contribution in [0, 0.1) is 6.92 Å². The van der Waals surface area contributed by atoms with E-state index in [-0.39, 0.29) is 18.1 Å². The van der Waals surface area contributed by atoms with Gasteiger partial charge in [-0.1, -0.05) is 18.2 Å². The number of hydrogen-bond donors (Lipinski definition) is 2. The van der Waals surface area contributed by atoms with Gasteiger partial charge in [0, 0.05) is 57.1 Å². The number of hydrogen-bond acceptors (Lipinski definition) is 7. The fourth-order valence-corrected chi connectivity index (χ4v) is 6.68. The lowest BCUT2D eigenvalue weighted by molar-refractivity contribution is 0.0953. The number of carbonyl (C=O) groups excluding carboxylic acids is 2. The maximum absolute atomic E-state index is 13.0. The largest absolute Gasteiger partial charge is 0.459 e. The predicted octanol–water partition coefficient (Wildman–Crippen LogP) is 3.32. The minimum atomic E-state index is -3.40. The van der Waals surface area contributed by atoms with Gasteiger partial charge in [-0.15, -0.1) is 0 Å². The van der Waals surface area contributed by atoms with Gasteiger partial charge in [0.05, 0.1) is 23.4 Å². The standard InChI is InChI=1S/C29H35N5O5S/c1-22-7-2-3-8-25(22)32-15-17-33(18-16-32)26-11-10-23(21-24(26)31-29(36)27-9-6-19-39-27)28(35)30-12-20-40(37,38)34-13-4-5-14-34/h2-3,6-11,19,21H,4-5,12-18,20H2,1H3,(H,30,35)(H,31,36). The van der Waals surface area contributed by atoms with E-state index in [1.54, 1.807) is 24.3 Å². The quantitative estimate of drug-likeness (QED) is 0.409. The van der Waals surface area contributed by atoms with Crippen molar-refractivity contribution in [2.75, 3.05) is 66.7 Å². The molecule has 3 aromatic rings. The van der Waals surface area contributed by atoms with E-state index >= 15 is 0 Å². The number of sulfonamides is 1. The van der Waals surface area contributed by atoms with Crippen LogP contribution in [0.4, 0.5) is 17.1 Å². The number of nitrogens with one attached hydrogen (secondary N) is 2. The van der Waals surface area contributed by atoms with Crippen LogP contribution in [0.2, 0.25) is 0 Å². The first-order valence-corrected chi connectivity index (χ1v) is 15.2. The maximum Gasteiger partial charge on any atom is 0.291 e. The van der Waals surface area contributed by atoms with Crippen LogP contribution in [-0.4, -0.2) is 76.1 Å². The summed E-state index contributed by atoms with van der Waals surface area (Å²) in [5.74, 6) is -0.804. The number of piperazine rings is 1. The average molecular weight is 566 g/mol. The van der Waals surface area contributed by atoms with Gasteiger partial charge in [0.15, 0.2) is 5.76 Å². The first kappa shape index (κ1) is 27.7. The van der Waals surface area contributed by atoms with Gasteiger partial charge in [-0.05, 0) is 61.7 Å². The SMILES string of the molecule is Cc1ccccc1N1CCN(c2ccc(C(=O)NCCS(=O)(=O)N3CCCC3)cc2NC(=O)c2ccco2)CC1. The lowest BCUT2D eigenvalue weighted by Crippen LogP contribution is -2.47. The van der Waals surface area contributed by atoms with Crippen molar-refractivity contribution in [2.24, 2.45) is 0 Å². The van der Waals surface area contributed by atoms with E-state index in [1.165, 1.54) is 21.8 Å². The molecule has 2 saturated heterocycles. The van der Waals surface area contributed by atoms with E-state index in [0.29, 0.717) is 24.3 Å². The van der Waals surface area contributed by atoms with Crippen molar-refractivity contribution in [3.8, 4) is 0 Å². The first-order chi connectivity index (χ1) is 19.3. The van der Waals surface area contributed by atoms with Crippen molar-refractivity contribution in [3.63, 3.8) is 0 Å². The molecule has 0 radical (unpaired) electrons. The summed E-state index contributed by atoms with van der Waals surface area (Å²) >= 11 is 0. The Hall–Kier alpha value is -3.83. The average Bonchev–Trinajstić information content (AvgIpc) is 3.69. The molecule has 40 heavy (non-hydrogen) atoms. The highest BCUT2D eigenvalue weighted by Crippen LogP contribution is 2.30. The van der Waals surface area contributed by atoms with Crippen molar-refractivity contribution >= 4 is 38.9 Å². The zero-order valence-corrected chi connectivity index (χ0v) is 23.5. The number of amides is 2. The molecule has 2 aliphatic rings. The molecule has 0 saturated carbocycles. The molecule has 0 spiro atoms. The highest BCUT2D eigenvalue weighted by atomic mass is 32.2. The second-order valence-corrected chi connectivity index (χ2v) is 12.2. The third-order valence-electron chi connectivity index (χ3n) is 7.43. The lowest BCUT2D eigenvalue weighted by Gasteiger charge is -2.38. The number of nitrogens with zero attached hydrogens (tertiary/aromatic N) is 3. The zero-order valence-electron chi connectivity index (χ0n) is 22.6. The van der Waals surface area contributed by atoms with Gasteiger partial charge in [-0.3, -0.25) is 9.59 Å². The third-order valence-corrected chi connectivity index (χ3v) is 9.30. The minimum absolute atomic E-state index is 0.00830. The molecule has 5 rings (SSSR count). The van der Waals surface area contributed by atoms with Gasteiger partial charge >= 0.3 is 0 Å². The minimum Gasteiger partial charge on any atom is -0.459 e. The van der Waals surface area contributed by atoms with Gasteiger partial charge in [0.1, 0.15) is 0 Å². The second-order valence-electron chi connectivity index (χ2n) is 10.1. The molecular formula is C29H35N5O5S. The fourth-order valence-electron chi connectivity index (χ4n) is 5.24. The molecule has 2 N–H and O–H groups in total. The molecule has 3 heterocycles. The third kappa shape index (κ3) is 6.31. The maximum atomic E-state index is 13.0. The van der Waals surface area contributed by atoms with Crippen LogP contribution >= 0.6 is 0 Å². The summed E-state index contributed by atoms with van der Waals surface area (Å²) in [6, 6.07) is 16.7. The van der Waals surface area contributed by atoms with Gasteiger partial charge in [-0.2, -0.15) is 0 Å². The van der Waals surface area contributed by atoms with Crippen molar-refractivity contribution in [1.82, 2.24) is 9.62 Å². The molecule has 10 nitrogen and oxygen atoms in total. The molecule has 2 fully saturated rings. The summed E-state index contributed by atoms with van der Waals surface area (Å²) in [6.07, 6.45) is 3.16. The molecule has 212 valence electrons. The van der Waals surface area contributed by atoms with Gasteiger partial charge in [0.2, 0.25) is 10.0 Å². The van der Waals surface area contributed by atoms with Crippen LogP contribution < -0.4 is 20.4 Å². The Morgan fingerprint density at radius 1 is 0.850 bits per heavy atom. The van der Waals surface area contributed by atoms with E-state index in [2.05, 4.69) is 39.5 Å². The number of aryl methyl sites for hydroxylation is 1. The zero-order chi connectivity index (χ0) is 28.1. The van der Waals surface area contributed by atoms with E-state index in [1.807, 2.05) is 18.2 Å². The van der Waals surface area contributed by atoms with Gasteiger partial charge in [-0.25, -0.2) is 12.7 Å². The summed E-state index contributed by atoms with van der Waals surface area (Å²) < 4.78 is 31.7. The summed E-state index contributed by atoms with van der Waals surface area (Å²) in [5.41, 5.74) is 4.06. The van der Waals surface area contributed by atoms with Crippen LogP contribution in [0.5, 0.6) is 0 Å². The Labute approximate surface area is 235 Å². The molecule has 2 amide bonds. The smallest absolute Gasteiger partial charge is 0.291 e.